The second-order valence-corrected chi connectivity index (χ2v) is 4.24. The third-order valence-electron chi connectivity index (χ3n) is 2.46. The molecule has 2 rings (SSSR count). The summed E-state index contributed by atoms with van der Waals surface area (Å²) < 4.78 is 14.7. The Morgan fingerprint density at radius 3 is 2.88 bits per heavy atom. The zero-order valence-corrected chi connectivity index (χ0v) is 10.4. The molecular formula is C12H13ClFN3. The van der Waals surface area contributed by atoms with Gasteiger partial charge < -0.3 is 5.32 Å². The number of hydrogen-bond acceptors (Lipinski definition) is 2. The monoisotopic (exact) mass is 253 g/mol. The van der Waals surface area contributed by atoms with Crippen molar-refractivity contribution in [1.82, 2.24) is 15.1 Å². The fourth-order valence-corrected chi connectivity index (χ4v) is 2.02. The number of hydrogen-bond donors (Lipinski definition) is 1. The van der Waals surface area contributed by atoms with Crippen molar-refractivity contribution in [3.05, 3.63) is 40.8 Å². The van der Waals surface area contributed by atoms with E-state index in [0.717, 1.165) is 16.8 Å². The summed E-state index contributed by atoms with van der Waals surface area (Å²) in [5.74, 6) is -0.343. The molecule has 0 bridgehead atoms. The zero-order chi connectivity index (χ0) is 12.4. The molecule has 0 aliphatic rings. The van der Waals surface area contributed by atoms with E-state index in [1.807, 2.05) is 20.3 Å². The van der Waals surface area contributed by atoms with Crippen LogP contribution in [0.15, 0.2) is 24.4 Å². The van der Waals surface area contributed by atoms with Crippen LogP contribution in [0.25, 0.3) is 11.3 Å². The maximum Gasteiger partial charge on any atom is 0.124 e. The summed E-state index contributed by atoms with van der Waals surface area (Å²) in [5.41, 5.74) is 2.56. The second kappa shape index (κ2) is 4.85. The van der Waals surface area contributed by atoms with E-state index in [-0.39, 0.29) is 5.82 Å². The van der Waals surface area contributed by atoms with E-state index in [4.69, 9.17) is 11.6 Å². The minimum atomic E-state index is -0.343. The third-order valence-corrected chi connectivity index (χ3v) is 2.77. The van der Waals surface area contributed by atoms with Crippen LogP contribution in [0.5, 0.6) is 0 Å². The number of aryl methyl sites for hydroxylation is 1. The topological polar surface area (TPSA) is 29.9 Å². The first kappa shape index (κ1) is 12.1. The summed E-state index contributed by atoms with van der Waals surface area (Å²) >= 11 is 6.04. The normalized spacial score (nSPS) is 10.8. The van der Waals surface area contributed by atoms with Gasteiger partial charge in [-0.15, -0.1) is 0 Å². The van der Waals surface area contributed by atoms with Crippen molar-refractivity contribution in [2.24, 2.45) is 7.05 Å². The van der Waals surface area contributed by atoms with Crippen LogP contribution in [0, 0.1) is 5.82 Å². The summed E-state index contributed by atoms with van der Waals surface area (Å²) in [7, 11) is 3.71. The predicted molar refractivity (Wildman–Crippen MR) is 66.4 cm³/mol. The van der Waals surface area contributed by atoms with Crippen molar-refractivity contribution in [2.45, 2.75) is 6.54 Å². The Morgan fingerprint density at radius 2 is 2.24 bits per heavy atom. The third kappa shape index (κ3) is 2.48. The molecule has 0 atom stereocenters. The van der Waals surface area contributed by atoms with E-state index in [2.05, 4.69) is 10.4 Å². The number of aromatic nitrogens is 2. The Kier molecular flexibility index (Phi) is 3.45. The van der Waals surface area contributed by atoms with Gasteiger partial charge in [0.15, 0.2) is 0 Å². The lowest BCUT2D eigenvalue weighted by atomic mass is 10.1. The van der Waals surface area contributed by atoms with Crippen LogP contribution in [0.1, 0.15) is 5.56 Å². The molecular weight excluding hydrogens is 241 g/mol. The van der Waals surface area contributed by atoms with Crippen molar-refractivity contribution in [3.8, 4) is 11.3 Å². The van der Waals surface area contributed by atoms with Gasteiger partial charge in [-0.1, -0.05) is 11.6 Å². The van der Waals surface area contributed by atoms with E-state index < -0.39 is 0 Å². The molecule has 0 aliphatic heterocycles. The standard InChI is InChI=1S/C12H13ClFN3/c1-15-6-8-7-17(2)16-12(8)10-4-3-9(14)5-11(10)13/h3-5,7,15H,6H2,1-2H3. The molecule has 1 aromatic carbocycles. The van der Waals surface area contributed by atoms with Gasteiger partial charge in [0.2, 0.25) is 0 Å². The van der Waals surface area contributed by atoms with Crippen LogP contribution in [-0.2, 0) is 13.6 Å². The quantitative estimate of drug-likeness (QED) is 0.911. The fourth-order valence-electron chi connectivity index (χ4n) is 1.77. The highest BCUT2D eigenvalue weighted by Crippen LogP contribution is 2.29. The summed E-state index contributed by atoms with van der Waals surface area (Å²) in [6, 6.07) is 4.34. The lowest BCUT2D eigenvalue weighted by Gasteiger charge is -2.04. The Morgan fingerprint density at radius 1 is 1.47 bits per heavy atom. The molecule has 0 radical (unpaired) electrons. The Balaban J connectivity index is 2.51. The van der Waals surface area contributed by atoms with Crippen molar-refractivity contribution in [2.75, 3.05) is 7.05 Å². The van der Waals surface area contributed by atoms with Crippen LogP contribution in [0.3, 0.4) is 0 Å². The van der Waals surface area contributed by atoms with Crippen molar-refractivity contribution in [1.29, 1.82) is 0 Å². The summed E-state index contributed by atoms with van der Waals surface area (Å²) in [6.07, 6.45) is 1.92. The molecule has 17 heavy (non-hydrogen) atoms. The van der Waals surface area contributed by atoms with Gasteiger partial charge in [-0.2, -0.15) is 5.10 Å². The Bertz CT molecular complexity index is 537. The molecule has 3 nitrogen and oxygen atoms in total. The first-order valence-corrected chi connectivity index (χ1v) is 5.62. The van der Waals surface area contributed by atoms with Crippen molar-refractivity contribution < 1.29 is 4.39 Å². The zero-order valence-electron chi connectivity index (χ0n) is 9.67. The molecule has 0 unspecified atom stereocenters. The van der Waals surface area contributed by atoms with Crippen LogP contribution in [0.2, 0.25) is 5.02 Å². The average Bonchev–Trinajstić information content (AvgIpc) is 2.60. The van der Waals surface area contributed by atoms with E-state index in [1.54, 1.807) is 10.7 Å². The molecule has 0 fully saturated rings. The van der Waals surface area contributed by atoms with E-state index in [0.29, 0.717) is 11.6 Å². The van der Waals surface area contributed by atoms with Gasteiger partial charge in [-0.25, -0.2) is 4.39 Å². The minimum Gasteiger partial charge on any atom is -0.316 e. The van der Waals surface area contributed by atoms with Crippen LogP contribution >= 0.6 is 11.6 Å². The van der Waals surface area contributed by atoms with Gasteiger partial charge in [-0.05, 0) is 25.2 Å². The second-order valence-electron chi connectivity index (χ2n) is 3.83. The van der Waals surface area contributed by atoms with Gasteiger partial charge >= 0.3 is 0 Å². The SMILES string of the molecule is CNCc1cn(C)nc1-c1ccc(F)cc1Cl. The highest BCUT2D eigenvalue weighted by molar-refractivity contribution is 6.33. The molecule has 2 aromatic rings. The maximum atomic E-state index is 13.0. The molecule has 1 N–H and O–H groups in total. The highest BCUT2D eigenvalue weighted by atomic mass is 35.5. The Labute approximate surface area is 104 Å². The van der Waals surface area contributed by atoms with E-state index in [9.17, 15) is 4.39 Å². The summed E-state index contributed by atoms with van der Waals surface area (Å²) in [6.45, 7) is 0.691. The number of rotatable bonds is 3. The number of nitrogens with zero attached hydrogens (tertiary/aromatic N) is 2. The fraction of sp³-hybridized carbons (Fsp3) is 0.250. The average molecular weight is 254 g/mol. The smallest absolute Gasteiger partial charge is 0.124 e. The molecule has 0 amide bonds. The van der Waals surface area contributed by atoms with E-state index in [1.165, 1.54) is 12.1 Å². The first-order valence-electron chi connectivity index (χ1n) is 5.24. The number of nitrogens with one attached hydrogen (secondary N) is 1. The van der Waals surface area contributed by atoms with E-state index >= 15 is 0 Å². The Hall–Kier alpha value is -1.39. The molecule has 1 aromatic heterocycles. The van der Waals surface area contributed by atoms with Crippen LogP contribution in [-0.4, -0.2) is 16.8 Å². The molecule has 0 aliphatic carbocycles. The van der Waals surface area contributed by atoms with Gasteiger partial charge in [0.25, 0.3) is 0 Å². The molecule has 0 saturated carbocycles. The van der Waals surface area contributed by atoms with Gasteiger partial charge in [0, 0.05) is 30.9 Å². The molecule has 0 saturated heterocycles. The highest BCUT2D eigenvalue weighted by Gasteiger charge is 2.13. The van der Waals surface area contributed by atoms with Gasteiger partial charge in [0.1, 0.15) is 5.82 Å². The van der Waals surface area contributed by atoms with Crippen LogP contribution < -0.4 is 5.32 Å². The number of halogens is 2. The van der Waals surface area contributed by atoms with Crippen molar-refractivity contribution in [3.63, 3.8) is 0 Å². The summed E-state index contributed by atoms with van der Waals surface area (Å²) in [4.78, 5) is 0. The molecule has 90 valence electrons. The minimum absolute atomic E-state index is 0.343. The predicted octanol–water partition coefficient (Wildman–Crippen LogP) is 2.60. The van der Waals surface area contributed by atoms with Gasteiger partial charge in [-0.3, -0.25) is 4.68 Å². The molecule has 0 spiro atoms. The largest absolute Gasteiger partial charge is 0.316 e. The lowest BCUT2D eigenvalue weighted by molar-refractivity contribution is 0.628. The lowest BCUT2D eigenvalue weighted by Crippen LogP contribution is -2.05. The maximum absolute atomic E-state index is 13.0. The van der Waals surface area contributed by atoms with Crippen LogP contribution in [0.4, 0.5) is 4.39 Å². The molecule has 1 heterocycles. The first-order chi connectivity index (χ1) is 8.11. The summed E-state index contributed by atoms with van der Waals surface area (Å²) in [5, 5.41) is 7.80. The van der Waals surface area contributed by atoms with Crippen molar-refractivity contribution >= 4 is 11.6 Å². The van der Waals surface area contributed by atoms with Gasteiger partial charge in [0.05, 0.1) is 10.7 Å². The molecule has 5 heteroatoms. The number of benzene rings is 1.